The second-order valence-electron chi connectivity index (χ2n) is 4.12. The number of hydrogen-bond donors (Lipinski definition) is 2. The Balaban J connectivity index is 2.86. The lowest BCUT2D eigenvalue weighted by Gasteiger charge is -2.17. The Labute approximate surface area is 109 Å². The number of rotatable bonds is 5. The van der Waals surface area contributed by atoms with Gasteiger partial charge in [-0.3, -0.25) is 4.79 Å². The lowest BCUT2D eigenvalue weighted by molar-refractivity contribution is 0.179. The fourth-order valence-corrected chi connectivity index (χ4v) is 2.05. The molecule has 0 aliphatic heterocycles. The Bertz CT molecular complexity index is 431. The highest BCUT2D eigenvalue weighted by molar-refractivity contribution is 9.10. The summed E-state index contributed by atoms with van der Waals surface area (Å²) in [5.41, 5.74) is 0.509. The van der Waals surface area contributed by atoms with Gasteiger partial charge in [-0.15, -0.1) is 0 Å². The van der Waals surface area contributed by atoms with Gasteiger partial charge in [-0.1, -0.05) is 0 Å². The highest BCUT2D eigenvalue weighted by Gasteiger charge is 2.11. The van der Waals surface area contributed by atoms with E-state index in [0.29, 0.717) is 23.1 Å². The normalized spacial score (nSPS) is 14.4. The van der Waals surface area contributed by atoms with Crippen LogP contribution in [0.5, 0.6) is 0 Å². The van der Waals surface area contributed by atoms with Gasteiger partial charge in [0, 0.05) is 12.6 Å². The molecule has 0 aliphatic carbocycles. The molecule has 1 heterocycles. The van der Waals surface area contributed by atoms with Crippen LogP contribution in [0.15, 0.2) is 15.5 Å². The van der Waals surface area contributed by atoms with Crippen LogP contribution >= 0.6 is 15.9 Å². The third-order valence-electron chi connectivity index (χ3n) is 2.38. The van der Waals surface area contributed by atoms with Crippen LogP contribution in [0, 0.1) is 0 Å². The summed E-state index contributed by atoms with van der Waals surface area (Å²) in [6.07, 6.45) is 1.86. The van der Waals surface area contributed by atoms with Gasteiger partial charge in [-0.2, -0.15) is 5.10 Å². The van der Waals surface area contributed by atoms with E-state index < -0.39 is 0 Å². The van der Waals surface area contributed by atoms with Gasteiger partial charge in [-0.05, 0) is 43.1 Å². The second kappa shape index (κ2) is 6.16. The van der Waals surface area contributed by atoms with Crippen molar-refractivity contribution >= 4 is 21.6 Å². The molecule has 0 saturated heterocycles. The first kappa shape index (κ1) is 14.2. The second-order valence-corrected chi connectivity index (χ2v) is 4.92. The Kier molecular flexibility index (Phi) is 5.14. The van der Waals surface area contributed by atoms with Gasteiger partial charge < -0.3 is 10.4 Å². The van der Waals surface area contributed by atoms with Crippen molar-refractivity contribution in [1.82, 2.24) is 9.78 Å². The van der Waals surface area contributed by atoms with Crippen LogP contribution in [0.1, 0.15) is 27.2 Å². The molecule has 2 unspecified atom stereocenters. The number of aliphatic hydroxyl groups is 1. The Morgan fingerprint density at radius 1 is 1.59 bits per heavy atom. The van der Waals surface area contributed by atoms with Crippen LogP contribution in [-0.4, -0.2) is 27.0 Å². The van der Waals surface area contributed by atoms with E-state index in [1.807, 2.05) is 13.8 Å². The van der Waals surface area contributed by atoms with E-state index in [1.54, 1.807) is 13.1 Å². The molecule has 2 atom stereocenters. The van der Waals surface area contributed by atoms with E-state index in [9.17, 15) is 9.90 Å². The molecule has 0 spiro atoms. The van der Waals surface area contributed by atoms with Crippen molar-refractivity contribution in [2.45, 2.75) is 45.9 Å². The van der Waals surface area contributed by atoms with Crippen LogP contribution in [-0.2, 0) is 6.54 Å². The van der Waals surface area contributed by atoms with Crippen LogP contribution in [0.4, 0.5) is 5.69 Å². The molecule has 0 aliphatic rings. The fraction of sp³-hybridized carbons (Fsp3) is 0.636. The smallest absolute Gasteiger partial charge is 0.283 e. The summed E-state index contributed by atoms with van der Waals surface area (Å²) >= 11 is 3.27. The molecule has 2 N–H and O–H groups in total. The van der Waals surface area contributed by atoms with Crippen molar-refractivity contribution in [2.75, 3.05) is 5.32 Å². The van der Waals surface area contributed by atoms with Crippen molar-refractivity contribution in [2.24, 2.45) is 0 Å². The minimum Gasteiger partial charge on any atom is -0.393 e. The predicted molar refractivity (Wildman–Crippen MR) is 71.3 cm³/mol. The number of aryl methyl sites for hydroxylation is 1. The first-order valence-electron chi connectivity index (χ1n) is 5.65. The Hall–Kier alpha value is -0.880. The average molecular weight is 304 g/mol. The van der Waals surface area contributed by atoms with Gasteiger partial charge in [0.25, 0.3) is 5.56 Å². The van der Waals surface area contributed by atoms with Crippen LogP contribution < -0.4 is 10.9 Å². The number of aliphatic hydroxyl groups excluding tert-OH is 1. The summed E-state index contributed by atoms with van der Waals surface area (Å²) in [5, 5.41) is 16.5. The number of hydrogen-bond acceptors (Lipinski definition) is 4. The molecule has 0 bridgehead atoms. The molecule has 1 rings (SSSR count). The SMILES string of the molecule is CCn1ncc(NC(C)CC(C)O)c(Br)c1=O. The minimum atomic E-state index is -0.375. The molecule has 1 aromatic heterocycles. The van der Waals surface area contributed by atoms with Crippen molar-refractivity contribution in [3.8, 4) is 0 Å². The van der Waals surface area contributed by atoms with E-state index >= 15 is 0 Å². The summed E-state index contributed by atoms with van der Waals surface area (Å²) in [6.45, 7) is 6.09. The molecular formula is C11H18BrN3O2. The zero-order valence-electron chi connectivity index (χ0n) is 10.3. The quantitative estimate of drug-likeness (QED) is 0.867. The average Bonchev–Trinajstić information content (AvgIpc) is 2.24. The maximum atomic E-state index is 11.8. The minimum absolute atomic E-state index is 0.0741. The molecule has 17 heavy (non-hydrogen) atoms. The summed E-state index contributed by atoms with van der Waals surface area (Å²) in [5.74, 6) is 0. The zero-order valence-corrected chi connectivity index (χ0v) is 11.9. The summed E-state index contributed by atoms with van der Waals surface area (Å²) < 4.78 is 1.86. The third-order valence-corrected chi connectivity index (χ3v) is 3.15. The standard InChI is InChI=1S/C11H18BrN3O2/c1-4-15-11(17)10(12)9(6-13-15)14-7(2)5-8(3)16/h6-8,14,16H,4-5H2,1-3H3. The van der Waals surface area contributed by atoms with Crippen molar-refractivity contribution < 1.29 is 5.11 Å². The van der Waals surface area contributed by atoms with Gasteiger partial charge in [0.1, 0.15) is 4.47 Å². The lowest BCUT2D eigenvalue weighted by Crippen LogP contribution is -2.26. The van der Waals surface area contributed by atoms with Gasteiger partial charge in [-0.25, -0.2) is 4.68 Å². The van der Waals surface area contributed by atoms with Crippen molar-refractivity contribution in [1.29, 1.82) is 0 Å². The first-order chi connectivity index (χ1) is 7.95. The van der Waals surface area contributed by atoms with E-state index in [0.717, 1.165) is 0 Å². The highest BCUT2D eigenvalue weighted by Crippen LogP contribution is 2.18. The number of halogens is 1. The molecule has 96 valence electrons. The fourth-order valence-electron chi connectivity index (χ4n) is 1.63. The summed E-state index contributed by atoms with van der Waals surface area (Å²) in [4.78, 5) is 11.8. The van der Waals surface area contributed by atoms with Gasteiger partial charge in [0.05, 0.1) is 18.0 Å². The maximum absolute atomic E-state index is 11.8. The largest absolute Gasteiger partial charge is 0.393 e. The third kappa shape index (κ3) is 3.81. The number of nitrogens with one attached hydrogen (secondary N) is 1. The number of aromatic nitrogens is 2. The molecular weight excluding hydrogens is 286 g/mol. The van der Waals surface area contributed by atoms with Crippen LogP contribution in [0.25, 0.3) is 0 Å². The molecule has 5 nitrogen and oxygen atoms in total. The number of nitrogens with zero attached hydrogens (tertiary/aromatic N) is 2. The summed E-state index contributed by atoms with van der Waals surface area (Å²) in [7, 11) is 0. The molecule has 0 radical (unpaired) electrons. The summed E-state index contributed by atoms with van der Waals surface area (Å²) in [6, 6.07) is 0.0741. The number of anilines is 1. The molecule has 1 aromatic rings. The maximum Gasteiger partial charge on any atom is 0.283 e. The van der Waals surface area contributed by atoms with E-state index in [2.05, 4.69) is 26.3 Å². The van der Waals surface area contributed by atoms with E-state index in [-0.39, 0.29) is 17.7 Å². The highest BCUT2D eigenvalue weighted by atomic mass is 79.9. The van der Waals surface area contributed by atoms with E-state index in [1.165, 1.54) is 4.68 Å². The van der Waals surface area contributed by atoms with Crippen molar-refractivity contribution in [3.05, 3.63) is 21.0 Å². The van der Waals surface area contributed by atoms with Gasteiger partial charge in [0.15, 0.2) is 0 Å². The van der Waals surface area contributed by atoms with Gasteiger partial charge in [0.2, 0.25) is 0 Å². The first-order valence-corrected chi connectivity index (χ1v) is 6.45. The van der Waals surface area contributed by atoms with Gasteiger partial charge >= 0.3 is 0 Å². The Morgan fingerprint density at radius 2 is 2.24 bits per heavy atom. The molecule has 6 heteroatoms. The molecule has 0 aromatic carbocycles. The molecule has 0 amide bonds. The topological polar surface area (TPSA) is 67.2 Å². The lowest BCUT2D eigenvalue weighted by atomic mass is 10.1. The van der Waals surface area contributed by atoms with Crippen LogP contribution in [0.3, 0.4) is 0 Å². The van der Waals surface area contributed by atoms with Crippen LogP contribution in [0.2, 0.25) is 0 Å². The molecule has 0 fully saturated rings. The monoisotopic (exact) mass is 303 g/mol. The molecule has 0 saturated carbocycles. The predicted octanol–water partition coefficient (Wildman–Crippen LogP) is 1.60. The van der Waals surface area contributed by atoms with Crippen molar-refractivity contribution in [3.63, 3.8) is 0 Å². The van der Waals surface area contributed by atoms with E-state index in [4.69, 9.17) is 0 Å². The zero-order chi connectivity index (χ0) is 13.0. The Morgan fingerprint density at radius 3 is 2.76 bits per heavy atom.